The normalized spacial score (nSPS) is 14.4. The molecular formula is C20H20N4OS2. The molecule has 0 atom stereocenters. The van der Waals surface area contributed by atoms with Gasteiger partial charge in [-0.2, -0.15) is 0 Å². The van der Waals surface area contributed by atoms with Crippen LogP contribution in [-0.4, -0.2) is 47.1 Å². The molecule has 1 amide bonds. The van der Waals surface area contributed by atoms with Gasteiger partial charge in [-0.05, 0) is 43.4 Å². The Morgan fingerprint density at radius 2 is 1.78 bits per heavy atom. The van der Waals surface area contributed by atoms with Crippen molar-refractivity contribution in [2.24, 2.45) is 0 Å². The number of hydrogen-bond donors (Lipinski definition) is 1. The van der Waals surface area contributed by atoms with E-state index in [-0.39, 0.29) is 5.91 Å². The first-order chi connectivity index (χ1) is 13.1. The molecule has 0 unspecified atom stereocenters. The van der Waals surface area contributed by atoms with Gasteiger partial charge in [0.05, 0.1) is 10.2 Å². The number of carbonyl (C=O) groups excluding carboxylic acids is 1. The summed E-state index contributed by atoms with van der Waals surface area (Å²) < 4.78 is 1.20. The molecule has 2 aromatic carbocycles. The Labute approximate surface area is 167 Å². The number of aryl methyl sites for hydroxylation is 1. The average molecular weight is 397 g/mol. The number of fused-ring (bicyclic) bond motifs is 1. The standard InChI is InChI=1S/C20H20N4OS2/c1-14-6-8-15(9-7-14)18(25)22-19(26)23-10-12-24(13-11-23)20-21-16-4-2-3-5-17(16)27-20/h2-9H,10-13H2,1H3,(H,22,25,26). The predicted molar refractivity (Wildman–Crippen MR) is 115 cm³/mol. The van der Waals surface area contributed by atoms with Crippen LogP contribution in [-0.2, 0) is 0 Å². The van der Waals surface area contributed by atoms with Crippen LogP contribution in [0.25, 0.3) is 10.2 Å². The van der Waals surface area contributed by atoms with E-state index in [4.69, 9.17) is 17.2 Å². The van der Waals surface area contributed by atoms with Crippen LogP contribution < -0.4 is 10.2 Å². The van der Waals surface area contributed by atoms with Crippen molar-refractivity contribution in [2.45, 2.75) is 6.92 Å². The Balaban J connectivity index is 1.35. The fourth-order valence-corrected chi connectivity index (χ4v) is 4.34. The second-order valence-electron chi connectivity index (χ2n) is 6.56. The predicted octanol–water partition coefficient (Wildman–Crippen LogP) is 3.44. The third-order valence-electron chi connectivity index (χ3n) is 4.65. The third kappa shape index (κ3) is 3.94. The van der Waals surface area contributed by atoms with Gasteiger partial charge in [-0.15, -0.1) is 0 Å². The molecule has 7 heteroatoms. The molecular weight excluding hydrogens is 376 g/mol. The van der Waals surface area contributed by atoms with Gasteiger partial charge >= 0.3 is 0 Å². The van der Waals surface area contributed by atoms with E-state index >= 15 is 0 Å². The van der Waals surface area contributed by atoms with Crippen LogP contribution in [0.1, 0.15) is 15.9 Å². The molecule has 0 spiro atoms. The zero-order chi connectivity index (χ0) is 18.8. The molecule has 27 heavy (non-hydrogen) atoms. The van der Waals surface area contributed by atoms with E-state index in [1.54, 1.807) is 11.3 Å². The van der Waals surface area contributed by atoms with Crippen molar-refractivity contribution in [1.29, 1.82) is 0 Å². The summed E-state index contributed by atoms with van der Waals surface area (Å²) in [4.78, 5) is 21.4. The third-order valence-corrected chi connectivity index (χ3v) is 6.11. The number of para-hydroxylation sites is 1. The number of carbonyl (C=O) groups is 1. The number of benzene rings is 2. The maximum Gasteiger partial charge on any atom is 0.257 e. The summed E-state index contributed by atoms with van der Waals surface area (Å²) in [6.45, 7) is 5.20. The minimum absolute atomic E-state index is 0.159. The number of amides is 1. The monoisotopic (exact) mass is 396 g/mol. The average Bonchev–Trinajstić information content (AvgIpc) is 3.13. The number of aromatic nitrogens is 1. The topological polar surface area (TPSA) is 48.5 Å². The number of thiocarbonyl (C=S) groups is 1. The van der Waals surface area contributed by atoms with E-state index < -0.39 is 0 Å². The Hall–Kier alpha value is -2.51. The summed E-state index contributed by atoms with van der Waals surface area (Å²) in [5.74, 6) is -0.159. The van der Waals surface area contributed by atoms with Crippen LogP contribution in [0.3, 0.4) is 0 Å². The van der Waals surface area contributed by atoms with Gasteiger partial charge in [-0.3, -0.25) is 10.1 Å². The van der Waals surface area contributed by atoms with E-state index in [9.17, 15) is 4.79 Å². The zero-order valence-electron chi connectivity index (χ0n) is 15.0. The van der Waals surface area contributed by atoms with Gasteiger partial charge < -0.3 is 9.80 Å². The van der Waals surface area contributed by atoms with Crippen LogP contribution in [0.2, 0.25) is 0 Å². The smallest absolute Gasteiger partial charge is 0.257 e. The highest BCUT2D eigenvalue weighted by Gasteiger charge is 2.22. The fourth-order valence-electron chi connectivity index (χ4n) is 3.05. The largest absolute Gasteiger partial charge is 0.345 e. The molecule has 0 bridgehead atoms. The van der Waals surface area contributed by atoms with Crippen LogP contribution >= 0.6 is 23.6 Å². The lowest BCUT2D eigenvalue weighted by Gasteiger charge is -2.35. The Bertz CT molecular complexity index is 942. The zero-order valence-corrected chi connectivity index (χ0v) is 16.6. The first-order valence-corrected chi connectivity index (χ1v) is 10.1. The van der Waals surface area contributed by atoms with Crippen LogP contribution in [0.15, 0.2) is 48.5 Å². The van der Waals surface area contributed by atoms with E-state index in [0.29, 0.717) is 10.7 Å². The van der Waals surface area contributed by atoms with Crippen molar-refractivity contribution in [1.82, 2.24) is 15.2 Å². The molecule has 3 aromatic rings. The maximum atomic E-state index is 12.4. The van der Waals surface area contributed by atoms with Gasteiger partial charge in [-0.25, -0.2) is 4.98 Å². The number of piperazine rings is 1. The van der Waals surface area contributed by atoms with Gasteiger partial charge in [0, 0.05) is 31.7 Å². The summed E-state index contributed by atoms with van der Waals surface area (Å²) in [5.41, 5.74) is 2.79. The minimum atomic E-state index is -0.159. The van der Waals surface area contributed by atoms with Crippen molar-refractivity contribution < 1.29 is 4.79 Å². The highest BCUT2D eigenvalue weighted by molar-refractivity contribution is 7.80. The number of hydrogen-bond acceptors (Lipinski definition) is 5. The molecule has 0 radical (unpaired) electrons. The summed E-state index contributed by atoms with van der Waals surface area (Å²) in [6, 6.07) is 15.7. The van der Waals surface area contributed by atoms with E-state index in [0.717, 1.165) is 42.4 Å². The Morgan fingerprint density at radius 3 is 2.48 bits per heavy atom. The molecule has 2 heterocycles. The lowest BCUT2D eigenvalue weighted by atomic mass is 10.1. The number of nitrogens with one attached hydrogen (secondary N) is 1. The molecule has 1 aliphatic heterocycles. The quantitative estimate of drug-likeness (QED) is 0.673. The Morgan fingerprint density at radius 1 is 1.07 bits per heavy atom. The van der Waals surface area contributed by atoms with E-state index in [2.05, 4.69) is 16.3 Å². The molecule has 0 saturated carbocycles. The van der Waals surface area contributed by atoms with E-state index in [1.165, 1.54) is 4.70 Å². The molecule has 1 N–H and O–H groups in total. The minimum Gasteiger partial charge on any atom is -0.345 e. The second kappa shape index (κ2) is 7.62. The molecule has 5 nitrogen and oxygen atoms in total. The van der Waals surface area contributed by atoms with Crippen LogP contribution in [0, 0.1) is 6.92 Å². The molecule has 138 valence electrons. The van der Waals surface area contributed by atoms with Crippen LogP contribution in [0.4, 0.5) is 5.13 Å². The van der Waals surface area contributed by atoms with Crippen molar-refractivity contribution in [2.75, 3.05) is 31.1 Å². The molecule has 1 fully saturated rings. The summed E-state index contributed by atoms with van der Waals surface area (Å²) in [5, 5.41) is 4.39. The van der Waals surface area contributed by atoms with Crippen molar-refractivity contribution >= 4 is 49.9 Å². The SMILES string of the molecule is Cc1ccc(C(=O)NC(=S)N2CCN(c3nc4ccccc4s3)CC2)cc1. The lowest BCUT2D eigenvalue weighted by molar-refractivity contribution is 0.0973. The van der Waals surface area contributed by atoms with Gasteiger partial charge in [0.15, 0.2) is 10.2 Å². The van der Waals surface area contributed by atoms with Crippen molar-refractivity contribution in [3.05, 3.63) is 59.7 Å². The Kier molecular flexibility index (Phi) is 5.05. The summed E-state index contributed by atoms with van der Waals surface area (Å²) in [7, 11) is 0. The molecule has 1 saturated heterocycles. The fraction of sp³-hybridized carbons (Fsp3) is 0.250. The summed E-state index contributed by atoms with van der Waals surface area (Å²) >= 11 is 7.16. The van der Waals surface area contributed by atoms with E-state index in [1.807, 2.05) is 54.3 Å². The molecule has 1 aromatic heterocycles. The maximum absolute atomic E-state index is 12.4. The number of nitrogens with zero attached hydrogens (tertiary/aromatic N) is 3. The number of thiazole rings is 1. The number of rotatable bonds is 2. The first-order valence-electron chi connectivity index (χ1n) is 8.87. The highest BCUT2D eigenvalue weighted by atomic mass is 32.1. The van der Waals surface area contributed by atoms with Gasteiger partial charge in [0.25, 0.3) is 5.91 Å². The second-order valence-corrected chi connectivity index (χ2v) is 7.96. The van der Waals surface area contributed by atoms with Gasteiger partial charge in [0.2, 0.25) is 0 Å². The summed E-state index contributed by atoms with van der Waals surface area (Å²) in [6.07, 6.45) is 0. The first kappa shape index (κ1) is 17.9. The van der Waals surface area contributed by atoms with Crippen LogP contribution in [0.5, 0.6) is 0 Å². The lowest BCUT2D eigenvalue weighted by Crippen LogP contribution is -2.52. The van der Waals surface area contributed by atoms with Crippen molar-refractivity contribution in [3.63, 3.8) is 0 Å². The highest BCUT2D eigenvalue weighted by Crippen LogP contribution is 2.29. The van der Waals surface area contributed by atoms with Gasteiger partial charge in [0.1, 0.15) is 0 Å². The molecule has 4 rings (SSSR count). The molecule has 0 aliphatic carbocycles. The molecule has 1 aliphatic rings. The number of anilines is 1. The van der Waals surface area contributed by atoms with Crippen molar-refractivity contribution in [3.8, 4) is 0 Å². The van der Waals surface area contributed by atoms with Gasteiger partial charge in [-0.1, -0.05) is 41.2 Å².